The van der Waals surface area contributed by atoms with Gasteiger partial charge in [0.15, 0.2) is 0 Å². The molecule has 0 aliphatic rings. The molecule has 0 saturated heterocycles. The number of hydrogen-bond acceptors (Lipinski definition) is 0. The molecule has 0 fully saturated rings. The van der Waals surface area contributed by atoms with Gasteiger partial charge in [-0.15, -0.1) is 69.1 Å². The topological polar surface area (TPSA) is 0 Å². The summed E-state index contributed by atoms with van der Waals surface area (Å²) in [5, 5.41) is 5.26. The third-order valence-electron chi connectivity index (χ3n) is 5.45. The SMILES string of the molecule is C[C](C)=[Ti+2].c1ccc(-c2cc3ccccc3[cH-]2)cc1.c1ccc(-c2cc3ccccc3[cH-]2)cc1. The second-order valence-corrected chi connectivity index (χ2v) is 10.0. The normalized spacial score (nSPS) is 10.2. The molecule has 34 heavy (non-hydrogen) atoms. The van der Waals surface area contributed by atoms with Gasteiger partial charge < -0.3 is 0 Å². The van der Waals surface area contributed by atoms with Crippen LogP contribution in [0.4, 0.5) is 0 Å². The van der Waals surface area contributed by atoms with Crippen LogP contribution in [0, 0.1) is 0 Å². The molecule has 0 spiro atoms. The van der Waals surface area contributed by atoms with Gasteiger partial charge in [-0.05, 0) is 0 Å². The second-order valence-electron chi connectivity index (χ2n) is 8.48. The van der Waals surface area contributed by atoms with E-state index in [1.165, 1.54) is 47.6 Å². The predicted molar refractivity (Wildman–Crippen MR) is 146 cm³/mol. The smallest absolute Gasteiger partial charge is 0.0635 e. The van der Waals surface area contributed by atoms with Gasteiger partial charge in [-0.3, -0.25) is 0 Å². The molecule has 0 N–H and O–H groups in total. The van der Waals surface area contributed by atoms with Gasteiger partial charge in [-0.1, -0.05) is 108 Å². The van der Waals surface area contributed by atoms with Gasteiger partial charge in [0, 0.05) is 0 Å². The summed E-state index contributed by atoms with van der Waals surface area (Å²) in [6.45, 7) is 4.17. The number of benzene rings is 4. The van der Waals surface area contributed by atoms with Crippen molar-refractivity contribution in [3.05, 3.63) is 133 Å². The Morgan fingerprint density at radius 3 is 1.18 bits per heavy atom. The van der Waals surface area contributed by atoms with Crippen molar-refractivity contribution in [2.45, 2.75) is 13.8 Å². The fraction of sp³-hybridized carbons (Fsp3) is 0.0606. The Bertz CT molecular complexity index is 1290. The Balaban J connectivity index is 0.000000140. The van der Waals surface area contributed by atoms with Crippen LogP contribution in [0.5, 0.6) is 0 Å². The van der Waals surface area contributed by atoms with E-state index in [1.54, 1.807) is 0 Å². The van der Waals surface area contributed by atoms with Crippen LogP contribution in [0.15, 0.2) is 133 Å². The number of rotatable bonds is 2. The first-order valence-electron chi connectivity index (χ1n) is 11.5. The maximum Gasteiger partial charge on any atom is -0.0635 e. The predicted octanol–water partition coefficient (Wildman–Crippen LogP) is 9.20. The fourth-order valence-electron chi connectivity index (χ4n) is 3.90. The molecule has 6 aromatic carbocycles. The minimum Gasteiger partial charge on any atom is -0.145 e. The Kier molecular flexibility index (Phi) is 8.20. The van der Waals surface area contributed by atoms with Crippen LogP contribution in [0.2, 0.25) is 0 Å². The van der Waals surface area contributed by atoms with Crippen LogP contribution < -0.4 is 0 Å². The van der Waals surface area contributed by atoms with Crippen molar-refractivity contribution in [3.63, 3.8) is 0 Å². The minimum absolute atomic E-state index is 1.29. The van der Waals surface area contributed by atoms with Crippen molar-refractivity contribution in [3.8, 4) is 22.3 Å². The number of fused-ring (bicyclic) bond motifs is 2. The van der Waals surface area contributed by atoms with E-state index >= 15 is 0 Å². The third kappa shape index (κ3) is 6.38. The summed E-state index contributed by atoms with van der Waals surface area (Å²) < 4.78 is 1.42. The maximum absolute atomic E-state index is 2.24. The largest absolute Gasteiger partial charge is 0.145 e. The van der Waals surface area contributed by atoms with E-state index in [2.05, 4.69) is 155 Å². The van der Waals surface area contributed by atoms with Gasteiger partial charge in [0.25, 0.3) is 0 Å². The summed E-state index contributed by atoms with van der Waals surface area (Å²) in [5.41, 5.74) is 5.18. The first-order chi connectivity index (χ1) is 16.6. The van der Waals surface area contributed by atoms with Crippen molar-refractivity contribution < 1.29 is 20.0 Å². The van der Waals surface area contributed by atoms with Gasteiger partial charge in [0.05, 0.1) is 0 Å². The van der Waals surface area contributed by atoms with Gasteiger partial charge in [0.2, 0.25) is 0 Å². The quantitative estimate of drug-likeness (QED) is 0.174. The summed E-state index contributed by atoms with van der Waals surface area (Å²) in [5.74, 6) is 0. The molecular weight excluding hydrogens is 444 g/mol. The molecule has 164 valence electrons. The van der Waals surface area contributed by atoms with Crippen LogP contribution >= 0.6 is 0 Å². The standard InChI is InChI=1S/2C15H11.C3H6.Ti/c2*1-2-6-12(7-3-1)15-10-13-8-4-5-9-14(13)11-15;1-3-2;/h2*1-11H;1-2H3;/q2*-1;;+2. The van der Waals surface area contributed by atoms with Crippen LogP contribution in [0.3, 0.4) is 0 Å². The summed E-state index contributed by atoms with van der Waals surface area (Å²) in [4.78, 5) is 0. The Labute approximate surface area is 214 Å². The molecule has 6 aromatic rings. The first-order valence-corrected chi connectivity index (χ1v) is 12.3. The second kappa shape index (κ2) is 11.7. The average Bonchev–Trinajstić information content (AvgIpc) is 3.50. The molecular formula is C33H28Ti. The maximum atomic E-state index is 2.24. The molecule has 6 rings (SSSR count). The molecule has 0 radical (unpaired) electrons. The summed E-state index contributed by atoms with van der Waals surface area (Å²) in [6.07, 6.45) is 0. The molecule has 0 saturated carbocycles. The number of hydrogen-bond donors (Lipinski definition) is 0. The van der Waals surface area contributed by atoms with Crippen LogP contribution in [0.1, 0.15) is 13.8 Å². The average molecular weight is 472 g/mol. The Morgan fingerprint density at radius 2 is 0.824 bits per heavy atom. The molecule has 0 amide bonds. The fourth-order valence-corrected chi connectivity index (χ4v) is 3.90. The van der Waals surface area contributed by atoms with Crippen LogP contribution in [0.25, 0.3) is 43.8 Å². The summed E-state index contributed by atoms with van der Waals surface area (Å²) >= 11 is 2.08. The monoisotopic (exact) mass is 472 g/mol. The van der Waals surface area contributed by atoms with E-state index in [0.717, 1.165) is 0 Å². The van der Waals surface area contributed by atoms with Crippen molar-refractivity contribution in [2.75, 3.05) is 0 Å². The molecule has 0 aliphatic carbocycles. The molecule has 0 aliphatic heterocycles. The van der Waals surface area contributed by atoms with Crippen molar-refractivity contribution in [1.82, 2.24) is 0 Å². The zero-order valence-electron chi connectivity index (χ0n) is 19.7. The molecule has 1 heteroatoms. The van der Waals surface area contributed by atoms with E-state index in [4.69, 9.17) is 0 Å². The van der Waals surface area contributed by atoms with E-state index < -0.39 is 0 Å². The summed E-state index contributed by atoms with van der Waals surface area (Å²) in [7, 11) is 0. The van der Waals surface area contributed by atoms with Gasteiger partial charge >= 0.3 is 37.6 Å². The Hall–Kier alpha value is -3.32. The molecule has 0 heterocycles. The molecule has 0 atom stereocenters. The van der Waals surface area contributed by atoms with Gasteiger partial charge in [0.1, 0.15) is 0 Å². The Morgan fingerprint density at radius 1 is 0.500 bits per heavy atom. The van der Waals surface area contributed by atoms with E-state index in [-0.39, 0.29) is 0 Å². The van der Waals surface area contributed by atoms with E-state index in [9.17, 15) is 0 Å². The van der Waals surface area contributed by atoms with Gasteiger partial charge in [-0.25, -0.2) is 0 Å². The minimum atomic E-state index is 1.29. The molecule has 0 nitrogen and oxygen atoms in total. The first kappa shape index (κ1) is 23.8. The molecule has 0 bridgehead atoms. The van der Waals surface area contributed by atoms with E-state index in [1.807, 2.05) is 12.1 Å². The molecule has 0 unspecified atom stereocenters. The third-order valence-corrected chi connectivity index (χ3v) is 5.45. The van der Waals surface area contributed by atoms with Gasteiger partial charge in [-0.2, -0.15) is 0 Å². The van der Waals surface area contributed by atoms with Crippen LogP contribution in [-0.2, 0) is 20.0 Å². The summed E-state index contributed by atoms with van der Waals surface area (Å²) in [6, 6.07) is 46.9. The van der Waals surface area contributed by atoms with Crippen molar-refractivity contribution in [1.29, 1.82) is 0 Å². The van der Waals surface area contributed by atoms with Crippen molar-refractivity contribution >= 4 is 25.4 Å². The van der Waals surface area contributed by atoms with Crippen LogP contribution in [-0.4, -0.2) is 3.81 Å². The van der Waals surface area contributed by atoms with E-state index in [0.29, 0.717) is 0 Å². The zero-order chi connectivity index (χ0) is 23.8. The molecule has 0 aromatic heterocycles. The van der Waals surface area contributed by atoms with Crippen molar-refractivity contribution in [2.24, 2.45) is 0 Å². The zero-order valence-corrected chi connectivity index (χ0v) is 21.3.